The van der Waals surface area contributed by atoms with Gasteiger partial charge in [-0.05, 0) is 43.7 Å². The highest BCUT2D eigenvalue weighted by molar-refractivity contribution is 7.16. The van der Waals surface area contributed by atoms with Crippen molar-refractivity contribution >= 4 is 22.2 Å². The summed E-state index contributed by atoms with van der Waals surface area (Å²) in [4.78, 5) is 14.1. The molecule has 1 aromatic carbocycles. The van der Waals surface area contributed by atoms with Gasteiger partial charge in [-0.15, -0.1) is 11.3 Å². The Balaban J connectivity index is 1.69. The average molecular weight is 358 g/mol. The zero-order chi connectivity index (χ0) is 17.6. The Bertz CT molecular complexity index is 830. The normalized spacial score (nSPS) is 21.8. The van der Waals surface area contributed by atoms with E-state index in [4.69, 9.17) is 4.74 Å². The third-order valence-corrected chi connectivity index (χ3v) is 6.12. The van der Waals surface area contributed by atoms with Crippen LogP contribution in [-0.4, -0.2) is 17.6 Å². The number of phenols is 1. The third kappa shape index (κ3) is 2.74. The van der Waals surface area contributed by atoms with Crippen molar-refractivity contribution in [1.82, 2.24) is 5.32 Å². The van der Waals surface area contributed by atoms with Crippen molar-refractivity contribution in [3.8, 4) is 11.5 Å². The lowest BCUT2D eigenvalue weighted by molar-refractivity contribution is 0.0934. The number of nitrogens with one attached hydrogen (secondary N) is 2. The molecular weight excluding hydrogens is 336 g/mol. The van der Waals surface area contributed by atoms with Crippen LogP contribution in [0, 0.1) is 5.92 Å². The van der Waals surface area contributed by atoms with E-state index >= 15 is 0 Å². The minimum atomic E-state index is -0.460. The molecule has 3 N–H and O–H groups in total. The molecule has 0 bridgehead atoms. The van der Waals surface area contributed by atoms with E-state index in [9.17, 15) is 9.90 Å². The maximum Gasteiger partial charge on any atom is 0.256 e. The van der Waals surface area contributed by atoms with Gasteiger partial charge in [0, 0.05) is 10.4 Å². The zero-order valence-electron chi connectivity index (χ0n) is 14.4. The van der Waals surface area contributed by atoms with Crippen LogP contribution < -0.4 is 15.4 Å². The van der Waals surface area contributed by atoms with Crippen molar-refractivity contribution in [2.24, 2.45) is 5.92 Å². The Kier molecular flexibility index (Phi) is 4.07. The van der Waals surface area contributed by atoms with Gasteiger partial charge >= 0.3 is 0 Å². The molecule has 4 rings (SSSR count). The number of carbonyl (C=O) groups excluding carboxylic acids is 1. The summed E-state index contributed by atoms with van der Waals surface area (Å²) in [7, 11) is 0. The number of aromatic hydroxyl groups is 1. The number of benzene rings is 1. The van der Waals surface area contributed by atoms with Gasteiger partial charge in [-0.3, -0.25) is 4.79 Å². The van der Waals surface area contributed by atoms with E-state index in [2.05, 4.69) is 17.6 Å². The van der Waals surface area contributed by atoms with E-state index < -0.39 is 6.17 Å². The predicted octanol–water partition coefficient (Wildman–Crippen LogP) is 3.83. The molecule has 1 aliphatic heterocycles. The lowest BCUT2D eigenvalue weighted by Crippen LogP contribution is -2.38. The molecule has 1 amide bonds. The highest BCUT2D eigenvalue weighted by Crippen LogP contribution is 2.44. The zero-order valence-corrected chi connectivity index (χ0v) is 15.2. The van der Waals surface area contributed by atoms with E-state index in [0.717, 1.165) is 29.8 Å². The van der Waals surface area contributed by atoms with E-state index in [-0.39, 0.29) is 11.7 Å². The molecule has 25 heavy (non-hydrogen) atoms. The number of phenolic OH excluding ortho intramolecular Hbond substituents is 1. The number of fused-ring (bicyclic) bond motifs is 3. The highest BCUT2D eigenvalue weighted by Gasteiger charge is 2.34. The summed E-state index contributed by atoms with van der Waals surface area (Å²) in [5.74, 6) is 1.10. The average Bonchev–Trinajstić information content (AvgIpc) is 2.94. The van der Waals surface area contributed by atoms with Crippen molar-refractivity contribution < 1.29 is 14.6 Å². The van der Waals surface area contributed by atoms with Crippen LogP contribution in [0.2, 0.25) is 0 Å². The van der Waals surface area contributed by atoms with Gasteiger partial charge in [0.15, 0.2) is 11.5 Å². The number of hydrogen-bond acceptors (Lipinski definition) is 5. The lowest BCUT2D eigenvalue weighted by atomic mass is 9.88. The van der Waals surface area contributed by atoms with Crippen LogP contribution in [0.15, 0.2) is 18.2 Å². The molecule has 0 fully saturated rings. The van der Waals surface area contributed by atoms with Gasteiger partial charge in [-0.25, -0.2) is 0 Å². The number of amides is 1. The van der Waals surface area contributed by atoms with Crippen LogP contribution in [0.3, 0.4) is 0 Å². The van der Waals surface area contributed by atoms with E-state index in [1.54, 1.807) is 23.5 Å². The number of anilines is 1. The second-order valence-electron chi connectivity index (χ2n) is 6.73. The first-order valence-electron chi connectivity index (χ1n) is 8.75. The molecule has 6 heteroatoms. The van der Waals surface area contributed by atoms with Crippen LogP contribution in [0.25, 0.3) is 0 Å². The minimum absolute atomic E-state index is 0.0629. The van der Waals surface area contributed by atoms with Gasteiger partial charge in [0.25, 0.3) is 5.91 Å². The molecule has 2 aliphatic rings. The summed E-state index contributed by atoms with van der Waals surface area (Å²) < 4.78 is 5.45. The van der Waals surface area contributed by atoms with Crippen LogP contribution in [0.1, 0.15) is 52.8 Å². The molecule has 2 atom stereocenters. The summed E-state index contributed by atoms with van der Waals surface area (Å²) in [5, 5.41) is 17.8. The maximum atomic E-state index is 12.7. The number of rotatable bonds is 3. The van der Waals surface area contributed by atoms with E-state index in [0.29, 0.717) is 23.8 Å². The Morgan fingerprint density at radius 1 is 1.36 bits per heavy atom. The standard InChI is InChI=1S/C19H22N2O3S/c1-3-24-13-6-4-5-12(16(13)22)17-20-18(23)15-11-8-7-10(2)9-14(11)25-19(15)21-17/h4-6,10,17,21-22H,3,7-9H2,1-2H3,(H,20,23)/t10-,17-/m1/s1. The minimum Gasteiger partial charge on any atom is -0.504 e. The Morgan fingerprint density at radius 3 is 3.00 bits per heavy atom. The first-order chi connectivity index (χ1) is 12.1. The van der Waals surface area contributed by atoms with Crippen molar-refractivity contribution in [2.45, 2.75) is 39.3 Å². The fourth-order valence-electron chi connectivity index (χ4n) is 3.66. The first-order valence-corrected chi connectivity index (χ1v) is 9.56. The maximum absolute atomic E-state index is 12.7. The summed E-state index contributed by atoms with van der Waals surface area (Å²) in [6, 6.07) is 5.35. The molecule has 2 aromatic rings. The smallest absolute Gasteiger partial charge is 0.256 e. The molecule has 0 spiro atoms. The molecule has 132 valence electrons. The number of ether oxygens (including phenoxy) is 1. The van der Waals surface area contributed by atoms with Crippen molar-refractivity contribution in [2.75, 3.05) is 11.9 Å². The van der Waals surface area contributed by atoms with Gasteiger partial charge in [0.1, 0.15) is 11.2 Å². The summed E-state index contributed by atoms with van der Waals surface area (Å²) >= 11 is 1.68. The van der Waals surface area contributed by atoms with Gasteiger partial charge in [0.2, 0.25) is 0 Å². The Labute approximate surface area is 151 Å². The van der Waals surface area contributed by atoms with Gasteiger partial charge in [-0.1, -0.05) is 19.1 Å². The fourth-order valence-corrected chi connectivity index (χ4v) is 5.10. The van der Waals surface area contributed by atoms with Crippen LogP contribution in [0.4, 0.5) is 5.00 Å². The molecule has 0 saturated carbocycles. The van der Waals surface area contributed by atoms with Gasteiger partial charge in [-0.2, -0.15) is 0 Å². The summed E-state index contributed by atoms with van der Waals surface area (Å²) in [6.45, 7) is 4.60. The SMILES string of the molecule is CCOc1cccc([C@@H]2NC(=O)c3c(sc4c3CC[C@@H](C)C4)N2)c1O. The van der Waals surface area contributed by atoms with E-state index in [1.165, 1.54) is 10.4 Å². The summed E-state index contributed by atoms with van der Waals surface area (Å²) in [6.07, 6.45) is 2.67. The van der Waals surface area contributed by atoms with E-state index in [1.807, 2.05) is 13.0 Å². The van der Waals surface area contributed by atoms with Crippen molar-refractivity contribution in [3.63, 3.8) is 0 Å². The summed E-state index contributed by atoms with van der Waals surface area (Å²) in [5.41, 5.74) is 2.61. The molecule has 0 saturated heterocycles. The first kappa shape index (κ1) is 16.3. The second kappa shape index (κ2) is 6.26. The Hall–Kier alpha value is -2.21. The van der Waals surface area contributed by atoms with Crippen molar-refractivity contribution in [1.29, 1.82) is 0 Å². The predicted molar refractivity (Wildman–Crippen MR) is 98.6 cm³/mol. The quantitative estimate of drug-likeness (QED) is 0.780. The second-order valence-corrected chi connectivity index (χ2v) is 7.84. The number of para-hydroxylation sites is 1. The molecule has 0 unspecified atom stereocenters. The molecular formula is C19H22N2O3S. The van der Waals surface area contributed by atoms with Crippen LogP contribution in [0.5, 0.6) is 11.5 Å². The van der Waals surface area contributed by atoms with Gasteiger partial charge < -0.3 is 20.5 Å². The molecule has 1 aliphatic carbocycles. The van der Waals surface area contributed by atoms with Crippen molar-refractivity contribution in [3.05, 3.63) is 39.8 Å². The lowest BCUT2D eigenvalue weighted by Gasteiger charge is -2.27. The largest absolute Gasteiger partial charge is 0.504 e. The van der Waals surface area contributed by atoms with Crippen LogP contribution in [-0.2, 0) is 12.8 Å². The molecule has 2 heterocycles. The highest BCUT2D eigenvalue weighted by atomic mass is 32.1. The number of carbonyl (C=O) groups is 1. The fraction of sp³-hybridized carbons (Fsp3) is 0.421. The third-order valence-electron chi connectivity index (χ3n) is 4.93. The molecule has 5 nitrogen and oxygen atoms in total. The van der Waals surface area contributed by atoms with Crippen LogP contribution >= 0.6 is 11.3 Å². The topological polar surface area (TPSA) is 70.6 Å². The van der Waals surface area contributed by atoms with Gasteiger partial charge in [0.05, 0.1) is 12.2 Å². The number of thiophene rings is 1. The molecule has 1 aromatic heterocycles. The number of hydrogen-bond donors (Lipinski definition) is 3. The molecule has 0 radical (unpaired) electrons. The monoisotopic (exact) mass is 358 g/mol. The Morgan fingerprint density at radius 2 is 2.20 bits per heavy atom.